The van der Waals surface area contributed by atoms with Gasteiger partial charge in [-0.15, -0.1) is 0 Å². The summed E-state index contributed by atoms with van der Waals surface area (Å²) in [5.74, 6) is 5.94. The molecule has 0 heterocycles. The number of benzene rings is 4. The lowest BCUT2D eigenvalue weighted by Gasteiger charge is -2.10. The average Bonchev–Trinajstić information content (AvgIpc) is 3.09. The first-order valence-electron chi connectivity index (χ1n) is 10.5. The van der Waals surface area contributed by atoms with E-state index in [4.69, 9.17) is 0 Å². The van der Waals surface area contributed by atoms with Gasteiger partial charge in [-0.25, -0.2) is 8.78 Å². The van der Waals surface area contributed by atoms with Crippen molar-refractivity contribution >= 4 is 11.1 Å². The molecule has 0 saturated carbocycles. The molecule has 5 rings (SSSR count). The van der Waals surface area contributed by atoms with Gasteiger partial charge in [0.05, 0.1) is 0 Å². The molecule has 4 aromatic rings. The number of aryl methyl sites for hydroxylation is 2. The predicted molar refractivity (Wildman–Crippen MR) is 127 cm³/mol. The van der Waals surface area contributed by atoms with E-state index in [0.717, 1.165) is 55.7 Å². The van der Waals surface area contributed by atoms with Crippen molar-refractivity contribution in [1.82, 2.24) is 0 Å². The smallest absolute Gasteiger partial charge is 0.123 e. The summed E-state index contributed by atoms with van der Waals surface area (Å²) in [4.78, 5) is 0. The fourth-order valence-corrected chi connectivity index (χ4v) is 4.10. The van der Waals surface area contributed by atoms with E-state index in [1.54, 1.807) is 12.1 Å². The maximum atomic E-state index is 14.3. The molecule has 32 heavy (non-hydrogen) atoms. The van der Waals surface area contributed by atoms with Crippen molar-refractivity contribution in [2.24, 2.45) is 0 Å². The number of hydrogen-bond donors (Lipinski definition) is 0. The minimum Gasteiger partial charge on any atom is -0.207 e. The fourth-order valence-electron chi connectivity index (χ4n) is 4.10. The fraction of sp³-hybridized carbons (Fsp3) is 0.0667. The topological polar surface area (TPSA) is 0 Å². The Morgan fingerprint density at radius 1 is 0.594 bits per heavy atom. The van der Waals surface area contributed by atoms with Crippen LogP contribution in [0.25, 0.3) is 22.3 Å². The molecular weight excluding hydrogens is 398 g/mol. The molecule has 0 unspecified atom stereocenters. The molecule has 4 aromatic carbocycles. The number of fused-ring (bicyclic) bond motifs is 3. The second-order valence-corrected chi connectivity index (χ2v) is 8.11. The highest BCUT2D eigenvalue weighted by atomic mass is 19.1. The summed E-state index contributed by atoms with van der Waals surface area (Å²) in [5, 5.41) is 0. The highest BCUT2D eigenvalue weighted by molar-refractivity contribution is 6.13. The second kappa shape index (κ2) is 7.94. The van der Waals surface area contributed by atoms with E-state index in [1.807, 2.05) is 62.4 Å². The van der Waals surface area contributed by atoms with Gasteiger partial charge in [-0.1, -0.05) is 71.5 Å². The molecule has 1 aliphatic carbocycles. The van der Waals surface area contributed by atoms with Crippen LogP contribution in [0.5, 0.6) is 0 Å². The van der Waals surface area contributed by atoms with Crippen LogP contribution < -0.4 is 0 Å². The van der Waals surface area contributed by atoms with Crippen molar-refractivity contribution in [3.05, 3.63) is 130 Å². The number of hydrogen-bond acceptors (Lipinski definition) is 0. The summed E-state index contributed by atoms with van der Waals surface area (Å²) in [6, 6.07) is 25.5. The molecule has 2 heteroatoms. The van der Waals surface area contributed by atoms with Gasteiger partial charge in [-0.2, -0.15) is 0 Å². The quantitative estimate of drug-likeness (QED) is 0.246. The Morgan fingerprint density at radius 3 is 1.62 bits per heavy atom. The van der Waals surface area contributed by atoms with Crippen LogP contribution in [-0.4, -0.2) is 0 Å². The first-order valence-corrected chi connectivity index (χ1v) is 10.5. The van der Waals surface area contributed by atoms with Crippen LogP contribution in [-0.2, 0) is 0 Å². The van der Waals surface area contributed by atoms with Gasteiger partial charge >= 0.3 is 0 Å². The third-order valence-corrected chi connectivity index (χ3v) is 5.77. The van der Waals surface area contributed by atoms with Gasteiger partial charge in [0.2, 0.25) is 0 Å². The van der Waals surface area contributed by atoms with Gasteiger partial charge in [0.25, 0.3) is 0 Å². The van der Waals surface area contributed by atoms with Crippen LogP contribution >= 0.6 is 0 Å². The zero-order chi connectivity index (χ0) is 22.2. The molecule has 0 aliphatic heterocycles. The van der Waals surface area contributed by atoms with E-state index in [9.17, 15) is 8.78 Å². The molecule has 154 valence electrons. The Morgan fingerprint density at radius 2 is 1.09 bits per heavy atom. The van der Waals surface area contributed by atoms with Crippen molar-refractivity contribution < 1.29 is 8.78 Å². The zero-order valence-electron chi connectivity index (χ0n) is 17.8. The summed E-state index contributed by atoms with van der Waals surface area (Å²) in [6.45, 7) is 4.06. The summed E-state index contributed by atoms with van der Waals surface area (Å²) < 4.78 is 28.6. The van der Waals surface area contributed by atoms with E-state index < -0.39 is 0 Å². The molecule has 1 aliphatic rings. The molecule has 0 spiro atoms. The third-order valence-electron chi connectivity index (χ3n) is 5.77. The molecule has 0 saturated heterocycles. The van der Waals surface area contributed by atoms with E-state index in [-0.39, 0.29) is 11.6 Å². The van der Waals surface area contributed by atoms with Crippen LogP contribution in [0.4, 0.5) is 8.78 Å². The number of allylic oxidation sites excluding steroid dienone is 1. The normalized spacial score (nSPS) is 11.4. The van der Waals surface area contributed by atoms with Crippen molar-refractivity contribution in [1.29, 1.82) is 0 Å². The Bertz CT molecular complexity index is 1370. The van der Waals surface area contributed by atoms with Gasteiger partial charge in [-0.05, 0) is 78.1 Å². The standard InChI is InChI=1S/C30H20F2/c1-19-3-7-21(8-4-19)9-14-25(22-10-5-20(2)6-11-22)30-28-17-23(31)12-15-26(28)27-16-13-24(32)18-29(27)30/h3-8,10-13,15-18H,1-2H3. The minimum atomic E-state index is -0.329. The molecular formula is C30H20F2. The molecule has 0 radical (unpaired) electrons. The second-order valence-electron chi connectivity index (χ2n) is 8.11. The van der Waals surface area contributed by atoms with Crippen LogP contribution in [0.3, 0.4) is 0 Å². The average molecular weight is 418 g/mol. The maximum absolute atomic E-state index is 14.3. The molecule has 0 N–H and O–H groups in total. The van der Waals surface area contributed by atoms with Crippen molar-refractivity contribution in [2.45, 2.75) is 13.8 Å². The van der Waals surface area contributed by atoms with Gasteiger partial charge in [0.1, 0.15) is 11.6 Å². The van der Waals surface area contributed by atoms with Crippen LogP contribution in [0, 0.1) is 37.3 Å². The van der Waals surface area contributed by atoms with Crippen LogP contribution in [0.2, 0.25) is 0 Å². The first-order chi connectivity index (χ1) is 15.5. The van der Waals surface area contributed by atoms with Crippen molar-refractivity contribution in [2.75, 3.05) is 0 Å². The third kappa shape index (κ3) is 3.63. The Kier molecular flexibility index (Phi) is 4.96. The molecule has 0 nitrogen and oxygen atoms in total. The molecule has 0 aromatic heterocycles. The van der Waals surface area contributed by atoms with Gasteiger partial charge in [0, 0.05) is 16.7 Å². The maximum Gasteiger partial charge on any atom is 0.123 e. The highest BCUT2D eigenvalue weighted by Gasteiger charge is 2.27. The lowest BCUT2D eigenvalue weighted by molar-refractivity contribution is 0.627. The SMILES string of the molecule is Cc1ccc(C#CC(=C2c3cc(F)ccc3-c3ccc(F)cc32)c2ccc(C)cc2)cc1. The van der Waals surface area contributed by atoms with Crippen molar-refractivity contribution in [3.8, 4) is 23.0 Å². The monoisotopic (exact) mass is 418 g/mol. The molecule has 0 amide bonds. The highest BCUT2D eigenvalue weighted by Crippen LogP contribution is 2.47. The molecule has 0 bridgehead atoms. The summed E-state index contributed by atoms with van der Waals surface area (Å²) >= 11 is 0. The summed E-state index contributed by atoms with van der Waals surface area (Å²) in [7, 11) is 0. The van der Waals surface area contributed by atoms with E-state index in [0.29, 0.717) is 0 Å². The largest absolute Gasteiger partial charge is 0.207 e. The Hall–Kier alpha value is -3.96. The first kappa shape index (κ1) is 20.0. The lowest BCUT2D eigenvalue weighted by Crippen LogP contribution is -1.92. The van der Waals surface area contributed by atoms with Gasteiger partial charge in [-0.3, -0.25) is 0 Å². The lowest BCUT2D eigenvalue weighted by atomic mass is 9.92. The Balaban J connectivity index is 1.83. The van der Waals surface area contributed by atoms with E-state index in [1.165, 1.54) is 24.3 Å². The number of rotatable bonds is 1. The molecule has 0 fully saturated rings. The minimum absolute atomic E-state index is 0.329. The molecule has 0 atom stereocenters. The van der Waals surface area contributed by atoms with E-state index >= 15 is 0 Å². The number of halogens is 2. The van der Waals surface area contributed by atoms with Crippen LogP contribution in [0.15, 0.2) is 84.9 Å². The van der Waals surface area contributed by atoms with Gasteiger partial charge in [0.15, 0.2) is 0 Å². The van der Waals surface area contributed by atoms with E-state index in [2.05, 4.69) is 11.8 Å². The van der Waals surface area contributed by atoms with Gasteiger partial charge < -0.3 is 0 Å². The zero-order valence-corrected chi connectivity index (χ0v) is 17.8. The van der Waals surface area contributed by atoms with Crippen LogP contribution in [0.1, 0.15) is 33.4 Å². The summed E-state index contributed by atoms with van der Waals surface area (Å²) in [5.41, 5.74) is 8.86. The summed E-state index contributed by atoms with van der Waals surface area (Å²) in [6.07, 6.45) is 0. The Labute approximate surface area is 186 Å². The predicted octanol–water partition coefficient (Wildman–Crippen LogP) is 7.57. The van der Waals surface area contributed by atoms with Crippen molar-refractivity contribution in [3.63, 3.8) is 0 Å².